The molecule has 4 aromatic heterocycles. The van der Waals surface area contributed by atoms with Crippen molar-refractivity contribution in [1.82, 2.24) is 29.5 Å². The Morgan fingerprint density at radius 3 is 2.78 bits per heavy atom. The van der Waals surface area contributed by atoms with Gasteiger partial charge < -0.3 is 4.90 Å². The number of aryl methyl sites for hydroxylation is 1. The second kappa shape index (κ2) is 6.76. The quantitative estimate of drug-likeness (QED) is 0.497. The molecular formula is C21H22N8O2S. The highest BCUT2D eigenvalue weighted by Gasteiger charge is 2.47. The Morgan fingerprint density at radius 2 is 1.97 bits per heavy atom. The molecule has 0 aromatic carbocycles. The van der Waals surface area contributed by atoms with Crippen molar-refractivity contribution in [3.63, 3.8) is 0 Å². The summed E-state index contributed by atoms with van der Waals surface area (Å²) in [5, 5.41) is 9.18. The molecule has 10 nitrogen and oxygen atoms in total. The first kappa shape index (κ1) is 19.2. The summed E-state index contributed by atoms with van der Waals surface area (Å²) in [5.74, 6) is 0.580. The van der Waals surface area contributed by atoms with Gasteiger partial charge in [-0.05, 0) is 30.7 Å². The minimum Gasteiger partial charge on any atom is -0.371 e. The fourth-order valence-corrected chi connectivity index (χ4v) is 5.43. The summed E-state index contributed by atoms with van der Waals surface area (Å²) >= 11 is 0. The van der Waals surface area contributed by atoms with Crippen LogP contribution in [0.2, 0.25) is 0 Å². The summed E-state index contributed by atoms with van der Waals surface area (Å²) in [4.78, 5) is 10.9. The zero-order valence-electron chi connectivity index (χ0n) is 17.5. The lowest BCUT2D eigenvalue weighted by molar-refractivity contribution is 0.581. The first-order valence-corrected chi connectivity index (χ1v) is 12.0. The number of anilines is 2. The molecule has 0 radical (unpaired) electrons. The van der Waals surface area contributed by atoms with Crippen molar-refractivity contribution in [3.8, 4) is 5.82 Å². The molecule has 4 aromatic rings. The molecule has 1 aliphatic heterocycles. The molecule has 0 bridgehead atoms. The molecule has 1 aliphatic carbocycles. The molecule has 11 heteroatoms. The van der Waals surface area contributed by atoms with E-state index in [0.717, 1.165) is 24.2 Å². The van der Waals surface area contributed by atoms with Gasteiger partial charge in [-0.1, -0.05) is 0 Å². The van der Waals surface area contributed by atoms with Crippen LogP contribution in [0.15, 0.2) is 54.2 Å². The van der Waals surface area contributed by atoms with Gasteiger partial charge in [-0.3, -0.25) is 14.4 Å². The SMILES string of the molecule is Cn1ncc2cncc(NS(=O)(=O)c3cnn(-c4cc(N5CCC6(CC6)C5)ccn4)c3)c21. The van der Waals surface area contributed by atoms with Gasteiger partial charge >= 0.3 is 0 Å². The van der Waals surface area contributed by atoms with E-state index in [9.17, 15) is 8.42 Å². The van der Waals surface area contributed by atoms with Crippen LogP contribution in [0.25, 0.3) is 16.7 Å². The van der Waals surface area contributed by atoms with Crippen LogP contribution in [0.1, 0.15) is 19.3 Å². The van der Waals surface area contributed by atoms with Crippen LogP contribution >= 0.6 is 0 Å². The number of nitrogens with one attached hydrogen (secondary N) is 1. The van der Waals surface area contributed by atoms with Gasteiger partial charge in [-0.25, -0.2) is 18.1 Å². The first-order valence-electron chi connectivity index (χ1n) is 10.5. The number of nitrogens with zero attached hydrogens (tertiary/aromatic N) is 7. The molecule has 5 heterocycles. The lowest BCUT2D eigenvalue weighted by Gasteiger charge is -2.19. The first-order chi connectivity index (χ1) is 15.4. The Bertz CT molecular complexity index is 1440. The molecule has 32 heavy (non-hydrogen) atoms. The molecule has 0 unspecified atom stereocenters. The zero-order chi connectivity index (χ0) is 21.9. The highest BCUT2D eigenvalue weighted by Crippen LogP contribution is 2.53. The molecule has 1 spiro atoms. The molecule has 6 rings (SSSR count). The van der Waals surface area contributed by atoms with Crippen LogP contribution in [0, 0.1) is 5.41 Å². The number of fused-ring (bicyclic) bond motifs is 1. The van der Waals surface area contributed by atoms with Gasteiger partial charge in [0.2, 0.25) is 0 Å². The summed E-state index contributed by atoms with van der Waals surface area (Å²) in [7, 11) is -2.12. The lowest BCUT2D eigenvalue weighted by atomic mass is 10.1. The maximum atomic E-state index is 13.0. The van der Waals surface area contributed by atoms with Gasteiger partial charge in [0.15, 0.2) is 5.82 Å². The lowest BCUT2D eigenvalue weighted by Crippen LogP contribution is -2.20. The van der Waals surface area contributed by atoms with Crippen molar-refractivity contribution in [3.05, 3.63) is 49.3 Å². The van der Waals surface area contributed by atoms with Crippen molar-refractivity contribution in [2.75, 3.05) is 22.7 Å². The maximum Gasteiger partial charge on any atom is 0.265 e. The fraction of sp³-hybridized carbons (Fsp3) is 0.333. The highest BCUT2D eigenvalue weighted by atomic mass is 32.2. The third-order valence-electron chi connectivity index (χ3n) is 6.48. The maximum absolute atomic E-state index is 13.0. The molecule has 164 valence electrons. The zero-order valence-corrected chi connectivity index (χ0v) is 18.3. The smallest absolute Gasteiger partial charge is 0.265 e. The average Bonchev–Trinajstić information content (AvgIpc) is 3.15. The van der Waals surface area contributed by atoms with Gasteiger partial charge in [-0.2, -0.15) is 10.2 Å². The predicted molar refractivity (Wildman–Crippen MR) is 119 cm³/mol. The third-order valence-corrected chi connectivity index (χ3v) is 7.80. The van der Waals surface area contributed by atoms with Gasteiger partial charge in [0, 0.05) is 49.7 Å². The van der Waals surface area contributed by atoms with E-state index < -0.39 is 10.0 Å². The van der Waals surface area contributed by atoms with Crippen molar-refractivity contribution in [2.45, 2.75) is 24.2 Å². The van der Waals surface area contributed by atoms with E-state index in [1.54, 1.807) is 30.3 Å². The number of hydrogen-bond acceptors (Lipinski definition) is 7. The van der Waals surface area contributed by atoms with Crippen LogP contribution in [-0.2, 0) is 17.1 Å². The van der Waals surface area contributed by atoms with Gasteiger partial charge in [0.05, 0.1) is 36.0 Å². The largest absolute Gasteiger partial charge is 0.371 e. The molecule has 0 atom stereocenters. The van der Waals surface area contributed by atoms with Gasteiger partial charge in [0.1, 0.15) is 4.90 Å². The van der Waals surface area contributed by atoms with Crippen molar-refractivity contribution < 1.29 is 8.42 Å². The van der Waals surface area contributed by atoms with Gasteiger partial charge in [-0.15, -0.1) is 0 Å². The number of sulfonamides is 1. The van der Waals surface area contributed by atoms with E-state index in [4.69, 9.17) is 0 Å². The second-order valence-corrected chi connectivity index (χ2v) is 10.3. The van der Waals surface area contributed by atoms with Crippen molar-refractivity contribution >= 4 is 32.3 Å². The summed E-state index contributed by atoms with van der Waals surface area (Å²) in [5.41, 5.74) is 2.63. The van der Waals surface area contributed by atoms with Crippen LogP contribution in [-0.4, -0.2) is 51.0 Å². The number of hydrogen-bond donors (Lipinski definition) is 1. The molecule has 1 saturated carbocycles. The molecule has 2 fully saturated rings. The predicted octanol–water partition coefficient (Wildman–Crippen LogP) is 2.34. The normalized spacial score (nSPS) is 17.3. The highest BCUT2D eigenvalue weighted by molar-refractivity contribution is 7.92. The average molecular weight is 451 g/mol. The molecule has 0 amide bonds. The Balaban J connectivity index is 1.27. The fourth-order valence-electron chi connectivity index (χ4n) is 4.45. The van der Waals surface area contributed by atoms with E-state index >= 15 is 0 Å². The Kier molecular flexibility index (Phi) is 4.06. The van der Waals surface area contributed by atoms with E-state index in [2.05, 4.69) is 29.8 Å². The van der Waals surface area contributed by atoms with E-state index in [-0.39, 0.29) is 4.90 Å². The minimum atomic E-state index is -3.87. The molecule has 1 N–H and O–H groups in total. The Labute approximate surface area is 184 Å². The summed E-state index contributed by atoms with van der Waals surface area (Å²) in [6.07, 6.45) is 13.2. The number of pyridine rings is 2. The van der Waals surface area contributed by atoms with Crippen LogP contribution in [0.5, 0.6) is 0 Å². The summed E-state index contributed by atoms with van der Waals surface area (Å²) in [6, 6.07) is 3.95. The monoisotopic (exact) mass is 450 g/mol. The summed E-state index contributed by atoms with van der Waals surface area (Å²) in [6.45, 7) is 2.12. The Hall–Kier alpha value is -3.47. The number of aromatic nitrogens is 6. The second-order valence-electron chi connectivity index (χ2n) is 8.66. The third kappa shape index (κ3) is 3.20. The van der Waals surface area contributed by atoms with Gasteiger partial charge in [0.25, 0.3) is 10.0 Å². The molecule has 1 saturated heterocycles. The van der Waals surface area contributed by atoms with Crippen LogP contribution < -0.4 is 9.62 Å². The van der Waals surface area contributed by atoms with Crippen LogP contribution in [0.3, 0.4) is 0 Å². The van der Waals surface area contributed by atoms with E-state index in [1.807, 2.05) is 12.1 Å². The standard InChI is InChI=1S/C21H22N8O2S/c1-27-20-15(10-24-27)9-22-12-18(20)26-32(30,31)17-11-25-29(13-17)19-8-16(2-6-23-19)28-7-5-21(14-28)3-4-21/h2,6,8-13,26H,3-5,7,14H2,1H3. The van der Waals surface area contributed by atoms with Crippen molar-refractivity contribution in [2.24, 2.45) is 12.5 Å². The van der Waals surface area contributed by atoms with Crippen molar-refractivity contribution in [1.29, 1.82) is 0 Å². The topological polar surface area (TPSA) is 111 Å². The number of rotatable bonds is 5. The Morgan fingerprint density at radius 1 is 1.09 bits per heavy atom. The summed E-state index contributed by atoms with van der Waals surface area (Å²) < 4.78 is 31.8. The van der Waals surface area contributed by atoms with E-state index in [1.165, 1.54) is 42.5 Å². The molecular weight excluding hydrogens is 428 g/mol. The van der Waals surface area contributed by atoms with E-state index in [0.29, 0.717) is 22.4 Å². The van der Waals surface area contributed by atoms with Crippen LogP contribution in [0.4, 0.5) is 11.4 Å². The minimum absolute atomic E-state index is 0.0435. The molecule has 2 aliphatic rings.